The van der Waals surface area contributed by atoms with Crippen LogP contribution in [0.1, 0.15) is 12.5 Å². The number of hydrogen-bond acceptors (Lipinski definition) is 4. The summed E-state index contributed by atoms with van der Waals surface area (Å²) in [6.45, 7) is 8.49. The summed E-state index contributed by atoms with van der Waals surface area (Å²) in [5.74, 6) is -0.210. The molecule has 4 heteroatoms. The van der Waals surface area contributed by atoms with Gasteiger partial charge in [0.25, 0.3) is 0 Å². The molecule has 0 saturated carbocycles. The molecule has 25 heavy (non-hydrogen) atoms. The number of esters is 1. The predicted octanol–water partition coefficient (Wildman–Crippen LogP) is 4.07. The first-order valence-electron chi connectivity index (χ1n) is 8.01. The topological polar surface area (TPSA) is 72.5 Å². The van der Waals surface area contributed by atoms with Crippen LogP contribution in [0.3, 0.4) is 0 Å². The fraction of sp³-hybridized carbons (Fsp3) is 0.190. The highest BCUT2D eigenvalue weighted by Gasteiger charge is 2.08. The van der Waals surface area contributed by atoms with Crippen LogP contribution >= 0.6 is 0 Å². The Labute approximate surface area is 148 Å². The molecule has 3 N–H and O–H groups in total. The van der Waals surface area contributed by atoms with Crippen LogP contribution in [0.25, 0.3) is 10.8 Å². The van der Waals surface area contributed by atoms with Crippen LogP contribution in [0, 0.1) is 0 Å². The number of hydrogen-bond donors (Lipinski definition) is 2. The lowest BCUT2D eigenvalue weighted by molar-refractivity contribution is -0.146. The molecule has 0 aromatic heterocycles. The first-order chi connectivity index (χ1) is 12.0. The Morgan fingerprint density at radius 3 is 2.48 bits per heavy atom. The van der Waals surface area contributed by atoms with Crippen molar-refractivity contribution in [3.63, 3.8) is 0 Å². The minimum Gasteiger partial charge on any atom is -0.508 e. The van der Waals surface area contributed by atoms with Crippen LogP contribution in [0.2, 0.25) is 0 Å². The largest absolute Gasteiger partial charge is 0.508 e. The van der Waals surface area contributed by atoms with E-state index in [0.29, 0.717) is 6.42 Å². The van der Waals surface area contributed by atoms with Gasteiger partial charge in [-0.15, -0.1) is 0 Å². The highest BCUT2D eigenvalue weighted by molar-refractivity contribution is 5.83. The Kier molecular flexibility index (Phi) is 8.75. The molecule has 0 saturated heterocycles. The monoisotopic (exact) mass is 339 g/mol. The van der Waals surface area contributed by atoms with E-state index >= 15 is 0 Å². The van der Waals surface area contributed by atoms with Gasteiger partial charge in [0.1, 0.15) is 11.9 Å². The number of rotatable bonds is 6. The lowest BCUT2D eigenvalue weighted by Gasteiger charge is -2.13. The van der Waals surface area contributed by atoms with Gasteiger partial charge in [-0.1, -0.05) is 61.7 Å². The summed E-state index contributed by atoms with van der Waals surface area (Å²) in [6, 6.07) is 14.5. The minimum absolute atomic E-state index is 0.0674. The van der Waals surface area contributed by atoms with E-state index < -0.39 is 0 Å². The fourth-order valence-corrected chi connectivity index (χ4v) is 2.20. The van der Waals surface area contributed by atoms with Crippen molar-refractivity contribution in [2.45, 2.75) is 19.4 Å². The van der Waals surface area contributed by atoms with Gasteiger partial charge in [0, 0.05) is 6.42 Å². The van der Waals surface area contributed by atoms with E-state index in [0.717, 1.165) is 5.56 Å². The molecule has 132 valence electrons. The molecule has 2 aromatic rings. The summed E-state index contributed by atoms with van der Waals surface area (Å²) in [6.07, 6.45) is 4.87. The molecule has 0 spiro atoms. The highest BCUT2D eigenvalue weighted by atomic mass is 16.5. The molecular weight excluding hydrogens is 314 g/mol. The van der Waals surface area contributed by atoms with Crippen molar-refractivity contribution >= 4 is 16.7 Å². The van der Waals surface area contributed by atoms with Crippen LogP contribution in [-0.4, -0.2) is 23.7 Å². The number of allylic oxidation sites excluding steroid dienone is 3. The smallest absolute Gasteiger partial charge is 0.319 e. The number of nitrogens with two attached hydrogens (primary N) is 1. The van der Waals surface area contributed by atoms with Gasteiger partial charge in [-0.3, -0.25) is 4.79 Å². The molecule has 1 atom stereocenters. The van der Waals surface area contributed by atoms with E-state index in [1.807, 2.05) is 19.1 Å². The van der Waals surface area contributed by atoms with Gasteiger partial charge in [0.05, 0.1) is 6.54 Å². The van der Waals surface area contributed by atoms with E-state index in [9.17, 15) is 4.79 Å². The van der Waals surface area contributed by atoms with Gasteiger partial charge < -0.3 is 15.6 Å². The maximum atomic E-state index is 11.1. The third-order valence-corrected chi connectivity index (χ3v) is 3.33. The van der Waals surface area contributed by atoms with Crippen LogP contribution in [0.5, 0.6) is 0 Å². The zero-order chi connectivity index (χ0) is 18.7. The normalized spacial score (nSPS) is 11.8. The van der Waals surface area contributed by atoms with Crippen LogP contribution in [0.15, 0.2) is 79.6 Å². The van der Waals surface area contributed by atoms with Crippen molar-refractivity contribution in [2.75, 3.05) is 6.54 Å². The average Bonchev–Trinajstić information content (AvgIpc) is 2.62. The highest BCUT2D eigenvalue weighted by Crippen LogP contribution is 2.17. The third-order valence-electron chi connectivity index (χ3n) is 3.33. The second kappa shape index (κ2) is 10.8. The number of aliphatic hydroxyl groups is 1. The van der Waals surface area contributed by atoms with Crippen LogP contribution in [0.4, 0.5) is 0 Å². The Morgan fingerprint density at radius 2 is 1.92 bits per heavy atom. The second-order valence-electron chi connectivity index (χ2n) is 5.42. The molecule has 0 heterocycles. The second-order valence-corrected chi connectivity index (χ2v) is 5.42. The van der Waals surface area contributed by atoms with Gasteiger partial charge >= 0.3 is 5.97 Å². The van der Waals surface area contributed by atoms with Crippen molar-refractivity contribution in [1.82, 2.24) is 0 Å². The lowest BCUT2D eigenvalue weighted by atomic mass is 10.0. The molecule has 0 aliphatic heterocycles. The average molecular weight is 339 g/mol. The maximum absolute atomic E-state index is 11.1. The third kappa shape index (κ3) is 7.50. The fourth-order valence-electron chi connectivity index (χ4n) is 2.20. The van der Waals surface area contributed by atoms with Gasteiger partial charge in [0.2, 0.25) is 0 Å². The molecule has 0 bridgehead atoms. The van der Waals surface area contributed by atoms with E-state index in [4.69, 9.17) is 15.6 Å². The SMILES string of the molecule is C=C/C=C(/O)C=C.CC(Cc1ccc2ccccc2c1)OC(=O)CN. The molecule has 0 fully saturated rings. The molecule has 0 aliphatic rings. The minimum atomic E-state index is -0.358. The lowest BCUT2D eigenvalue weighted by Crippen LogP contribution is -2.23. The van der Waals surface area contributed by atoms with E-state index in [-0.39, 0.29) is 24.4 Å². The van der Waals surface area contributed by atoms with E-state index in [2.05, 4.69) is 43.5 Å². The van der Waals surface area contributed by atoms with Gasteiger partial charge in [-0.2, -0.15) is 0 Å². The van der Waals surface area contributed by atoms with E-state index in [1.165, 1.54) is 29.0 Å². The van der Waals surface area contributed by atoms with Crippen LogP contribution in [-0.2, 0) is 16.0 Å². The Bertz CT molecular complexity index is 750. The summed E-state index contributed by atoms with van der Waals surface area (Å²) in [7, 11) is 0. The number of benzene rings is 2. The van der Waals surface area contributed by atoms with Crippen molar-refractivity contribution in [3.8, 4) is 0 Å². The first kappa shape index (κ1) is 20.2. The van der Waals surface area contributed by atoms with Gasteiger partial charge in [0.15, 0.2) is 0 Å². The Hall–Kier alpha value is -2.85. The molecule has 1 unspecified atom stereocenters. The number of carbonyl (C=O) groups is 1. The maximum Gasteiger partial charge on any atom is 0.319 e. The van der Waals surface area contributed by atoms with Crippen molar-refractivity contribution in [3.05, 3.63) is 85.2 Å². The zero-order valence-corrected chi connectivity index (χ0v) is 14.5. The van der Waals surface area contributed by atoms with Gasteiger partial charge in [-0.05, 0) is 35.4 Å². The Balaban J connectivity index is 0.000000381. The molecule has 4 nitrogen and oxygen atoms in total. The summed E-state index contributed by atoms with van der Waals surface area (Å²) in [4.78, 5) is 11.1. The summed E-state index contributed by atoms with van der Waals surface area (Å²) >= 11 is 0. The zero-order valence-electron chi connectivity index (χ0n) is 14.5. The molecule has 0 amide bonds. The van der Waals surface area contributed by atoms with Gasteiger partial charge in [-0.25, -0.2) is 0 Å². The molecule has 2 rings (SSSR count). The first-order valence-corrected chi connectivity index (χ1v) is 8.01. The summed E-state index contributed by atoms with van der Waals surface area (Å²) in [5.41, 5.74) is 6.37. The van der Waals surface area contributed by atoms with E-state index in [1.54, 1.807) is 0 Å². The molecule has 0 radical (unpaired) electrons. The molecule has 2 aromatic carbocycles. The standard InChI is InChI=1S/C15H17NO2.C6H8O/c1-11(18-15(17)10-16)8-12-6-7-13-4-2-3-5-14(13)9-12;1-3-5-6(7)4-2/h2-7,9,11H,8,10,16H2,1H3;3-5,7H,1-2H2/b;6-5+. The molecule has 0 aliphatic carbocycles. The summed E-state index contributed by atoms with van der Waals surface area (Å²) < 4.78 is 5.15. The number of carbonyl (C=O) groups excluding carboxylic acids is 1. The Morgan fingerprint density at radius 1 is 1.24 bits per heavy atom. The quantitative estimate of drug-likeness (QED) is 0.473. The molecular formula is C21H25NO3. The van der Waals surface area contributed by atoms with Crippen molar-refractivity contribution in [1.29, 1.82) is 0 Å². The predicted molar refractivity (Wildman–Crippen MR) is 103 cm³/mol. The van der Waals surface area contributed by atoms with Crippen LogP contribution < -0.4 is 5.73 Å². The number of ether oxygens (including phenoxy) is 1. The number of aliphatic hydroxyl groups excluding tert-OH is 1. The summed E-state index contributed by atoms with van der Waals surface area (Å²) in [5, 5.41) is 10.9. The van der Waals surface area contributed by atoms with Crippen molar-refractivity contribution < 1.29 is 14.6 Å². The van der Waals surface area contributed by atoms with Crippen molar-refractivity contribution in [2.24, 2.45) is 5.73 Å². The number of fused-ring (bicyclic) bond motifs is 1.